The molecule has 69 heavy (non-hydrogen) atoms. The van der Waals surface area contributed by atoms with Gasteiger partial charge < -0.3 is 94.8 Å². The lowest BCUT2D eigenvalue weighted by molar-refractivity contribution is -0.396. The highest BCUT2D eigenvalue weighted by Crippen LogP contribution is 2.76. The molecule has 8 rings (SSSR count). The molecular weight excluding hydrogens is 913 g/mol. The highest BCUT2D eigenvalue weighted by Gasteiger charge is 2.71. The normalized spacial score (nSPS) is 56.4. The summed E-state index contributed by atoms with van der Waals surface area (Å²) in [5, 5.41) is 141. The Kier molecular flexibility index (Phi) is 14.2. The molecule has 3 saturated heterocycles. The number of aliphatic hydroxyl groups is 11. The van der Waals surface area contributed by atoms with Gasteiger partial charge in [-0.15, -0.1) is 0 Å². The molecule has 4 saturated carbocycles. The zero-order valence-electron chi connectivity index (χ0n) is 40.4. The van der Waals surface area contributed by atoms with E-state index in [1.165, 1.54) is 13.8 Å². The van der Waals surface area contributed by atoms with Crippen LogP contribution in [0.3, 0.4) is 0 Å². The molecule has 5 aliphatic carbocycles. The van der Waals surface area contributed by atoms with E-state index >= 15 is 0 Å². The van der Waals surface area contributed by atoms with Crippen LogP contribution in [0, 0.1) is 50.2 Å². The number of hydrogen-bond acceptors (Lipinski definition) is 19. The number of ether oxygens (including phenoxy) is 6. The summed E-state index contributed by atoms with van der Waals surface area (Å²) in [6, 6.07) is 0. The maximum atomic E-state index is 12.7. The second-order valence-corrected chi connectivity index (χ2v) is 23.3. The standard InChI is InChI=1S/C48H76O21/c1-19-26(51)28(53)32(57)39(64-19)68-34-29(54)27(52)22(17-49)65-40(34)69-35-31(56)30(55)33(38(60)61)67-41(35)66-25-11-12-44(3)23(46(25,5)18-50)10-13-48(7)24(44)9-8-20-21-16-45(4,42(62)63)37(59)36(58)43(21,2)14-15-47(20,48)6/h8,19,21-37,39-41,49-59H,9-18H2,1-7H3,(H,60,61)(H,62,63)/t19-,21-,22+,23+,24+,25-,26-,27-,28+,29-,30-,31-,32+,33-,34+,35+,36+,37-,39-,40-,41+,43+,44-,45-,46+,47+,48+/m0/s1. The average Bonchev–Trinajstić information content (AvgIpc) is 3.30. The van der Waals surface area contributed by atoms with Gasteiger partial charge in [-0.1, -0.05) is 46.3 Å². The molecule has 0 bridgehead atoms. The molecular formula is C48H76O21. The average molecular weight is 989 g/mol. The number of aliphatic carboxylic acids is 2. The van der Waals surface area contributed by atoms with Crippen LogP contribution in [0.1, 0.15) is 99.8 Å². The van der Waals surface area contributed by atoms with E-state index in [2.05, 4.69) is 26.8 Å². The maximum Gasteiger partial charge on any atom is 0.335 e. The van der Waals surface area contributed by atoms with Crippen molar-refractivity contribution in [1.82, 2.24) is 0 Å². The van der Waals surface area contributed by atoms with Crippen molar-refractivity contribution in [2.75, 3.05) is 13.2 Å². The molecule has 7 fully saturated rings. The van der Waals surface area contributed by atoms with Crippen LogP contribution in [0.2, 0.25) is 0 Å². The van der Waals surface area contributed by atoms with Crippen molar-refractivity contribution in [2.24, 2.45) is 50.2 Å². The fourth-order valence-electron chi connectivity index (χ4n) is 15.1. The second-order valence-electron chi connectivity index (χ2n) is 23.3. The van der Waals surface area contributed by atoms with E-state index < -0.39 is 156 Å². The van der Waals surface area contributed by atoms with Crippen LogP contribution < -0.4 is 0 Å². The van der Waals surface area contributed by atoms with Gasteiger partial charge >= 0.3 is 11.9 Å². The lowest BCUT2D eigenvalue weighted by atomic mass is 9.33. The molecule has 3 heterocycles. The lowest BCUT2D eigenvalue weighted by Crippen LogP contribution is -2.69. The smallest absolute Gasteiger partial charge is 0.335 e. The first-order valence-corrected chi connectivity index (χ1v) is 24.5. The van der Waals surface area contributed by atoms with Crippen molar-refractivity contribution in [3.8, 4) is 0 Å². The molecule has 0 unspecified atom stereocenters. The molecule has 0 aromatic heterocycles. The Morgan fingerprint density at radius 2 is 1.28 bits per heavy atom. The zero-order valence-corrected chi connectivity index (χ0v) is 40.4. The Morgan fingerprint density at radius 1 is 0.652 bits per heavy atom. The first kappa shape index (κ1) is 53.3. The topological polar surface area (TPSA) is 353 Å². The molecule has 8 aliphatic rings. The van der Waals surface area contributed by atoms with E-state index in [4.69, 9.17) is 28.4 Å². The first-order valence-electron chi connectivity index (χ1n) is 24.5. The molecule has 21 heteroatoms. The molecule has 13 N–H and O–H groups in total. The second kappa shape index (κ2) is 18.4. The number of carboxylic acid groups (broad SMARTS) is 2. The van der Waals surface area contributed by atoms with Gasteiger partial charge in [-0.2, -0.15) is 0 Å². The third kappa shape index (κ3) is 7.90. The Balaban J connectivity index is 1.08. The zero-order chi connectivity index (χ0) is 50.9. The van der Waals surface area contributed by atoms with Crippen LogP contribution in [-0.2, 0) is 38.0 Å². The van der Waals surface area contributed by atoms with Crippen molar-refractivity contribution in [2.45, 2.75) is 210 Å². The minimum Gasteiger partial charge on any atom is -0.481 e. The quantitative estimate of drug-likeness (QED) is 0.0897. The van der Waals surface area contributed by atoms with Gasteiger partial charge in [0.15, 0.2) is 25.0 Å². The Morgan fingerprint density at radius 3 is 1.88 bits per heavy atom. The summed E-state index contributed by atoms with van der Waals surface area (Å²) in [5.74, 6) is -3.22. The SMILES string of the molecule is C[C@@H]1O[C@@H](O[C@H]2[C@H](O[C@H]3[C@H](O[C@H]4CC[C@@]5(C)[C@@H](CC[C@]6(C)[C@@H]5CC=C5[C@@H]7C[C@](C)(C(=O)O)[C@@H](O)[C@@H](O)[C@]7(C)CC[C@]56C)[C@@]4(C)CO)O[C@H](C(=O)O)[C@@H](O)[C@@H]3O)O[C@H](CO)[C@H](O)[C@@H]2O)[C@H](O)[C@H](O)[C@H]1O. The lowest BCUT2D eigenvalue weighted by Gasteiger charge is -2.72. The fourth-order valence-corrected chi connectivity index (χ4v) is 15.1. The van der Waals surface area contributed by atoms with Crippen molar-refractivity contribution >= 4 is 11.9 Å². The molecule has 0 amide bonds. The maximum absolute atomic E-state index is 12.7. The fraction of sp³-hybridized carbons (Fsp3) is 0.917. The number of hydrogen-bond donors (Lipinski definition) is 13. The van der Waals surface area contributed by atoms with E-state index in [-0.39, 0.29) is 36.2 Å². The van der Waals surface area contributed by atoms with Crippen molar-refractivity contribution in [1.29, 1.82) is 0 Å². The van der Waals surface area contributed by atoms with Gasteiger partial charge in [-0.3, -0.25) is 4.79 Å². The van der Waals surface area contributed by atoms with Gasteiger partial charge in [0, 0.05) is 10.8 Å². The summed E-state index contributed by atoms with van der Waals surface area (Å²) in [7, 11) is 0. The van der Waals surface area contributed by atoms with Gasteiger partial charge in [0.25, 0.3) is 0 Å². The van der Waals surface area contributed by atoms with Crippen LogP contribution in [0.5, 0.6) is 0 Å². The number of allylic oxidation sites excluding steroid dienone is 2. The van der Waals surface area contributed by atoms with Crippen LogP contribution in [-0.4, -0.2) is 202 Å². The van der Waals surface area contributed by atoms with Gasteiger partial charge in [0.05, 0.1) is 43.0 Å². The predicted octanol–water partition coefficient (Wildman–Crippen LogP) is -1.26. The van der Waals surface area contributed by atoms with Crippen LogP contribution in [0.25, 0.3) is 0 Å². The molecule has 0 radical (unpaired) electrons. The third-order valence-corrected chi connectivity index (χ3v) is 20.0. The van der Waals surface area contributed by atoms with Crippen LogP contribution in [0.15, 0.2) is 11.6 Å². The van der Waals surface area contributed by atoms with E-state index in [1.54, 1.807) is 0 Å². The molecule has 0 aromatic carbocycles. The summed E-state index contributed by atoms with van der Waals surface area (Å²) >= 11 is 0. The number of fused-ring (bicyclic) bond motifs is 7. The highest BCUT2D eigenvalue weighted by molar-refractivity contribution is 5.75. The molecule has 0 spiro atoms. The summed E-state index contributed by atoms with van der Waals surface area (Å²) < 4.78 is 36.0. The monoisotopic (exact) mass is 988 g/mol. The third-order valence-electron chi connectivity index (χ3n) is 20.0. The molecule has 0 aromatic rings. The number of aliphatic hydroxyl groups excluding tert-OH is 11. The van der Waals surface area contributed by atoms with Crippen molar-refractivity contribution in [3.05, 3.63) is 11.6 Å². The van der Waals surface area contributed by atoms with Crippen molar-refractivity contribution in [3.63, 3.8) is 0 Å². The summed E-state index contributed by atoms with van der Waals surface area (Å²) in [4.78, 5) is 25.2. The van der Waals surface area contributed by atoms with E-state index in [0.717, 1.165) is 5.57 Å². The van der Waals surface area contributed by atoms with E-state index in [9.17, 15) is 76.0 Å². The molecule has 394 valence electrons. The predicted molar refractivity (Wildman–Crippen MR) is 234 cm³/mol. The van der Waals surface area contributed by atoms with Crippen LogP contribution in [0.4, 0.5) is 0 Å². The minimum atomic E-state index is -2.11. The Bertz CT molecular complexity index is 1960. The number of rotatable bonds is 10. The summed E-state index contributed by atoms with van der Waals surface area (Å²) in [5.41, 5.74) is -3.32. The van der Waals surface area contributed by atoms with E-state index in [0.29, 0.717) is 44.9 Å². The highest BCUT2D eigenvalue weighted by atomic mass is 16.8. The van der Waals surface area contributed by atoms with Crippen LogP contribution >= 0.6 is 0 Å². The van der Waals surface area contributed by atoms with E-state index in [1.807, 2.05) is 13.8 Å². The Hall–Kier alpha value is -2.00. The van der Waals surface area contributed by atoms with Gasteiger partial charge in [0.1, 0.15) is 61.0 Å². The van der Waals surface area contributed by atoms with Gasteiger partial charge in [-0.05, 0) is 99.2 Å². The summed E-state index contributed by atoms with van der Waals surface area (Å²) in [6.07, 6.45) is -23.8. The van der Waals surface area contributed by atoms with Crippen molar-refractivity contribution < 1.29 is 104 Å². The van der Waals surface area contributed by atoms with Gasteiger partial charge in [0.2, 0.25) is 0 Å². The molecule has 27 atom stereocenters. The molecule has 3 aliphatic heterocycles. The van der Waals surface area contributed by atoms with Gasteiger partial charge in [-0.25, -0.2) is 4.79 Å². The minimum absolute atomic E-state index is 0.0645. The first-order chi connectivity index (χ1) is 32.1. The largest absolute Gasteiger partial charge is 0.481 e. The number of carboxylic acids is 2. The summed E-state index contributed by atoms with van der Waals surface area (Å²) in [6.45, 7) is 12.3. The Labute approximate surface area is 400 Å². The molecule has 21 nitrogen and oxygen atoms in total. The number of carbonyl (C=O) groups is 2.